The second-order valence-electron chi connectivity index (χ2n) is 9.43. The Morgan fingerprint density at radius 2 is 1.55 bits per heavy atom. The highest BCUT2D eigenvalue weighted by Crippen LogP contribution is 2.70. The molecule has 6 nitrogen and oxygen atoms in total. The van der Waals surface area contributed by atoms with E-state index in [0.29, 0.717) is 33.2 Å². The predicted octanol–water partition coefficient (Wildman–Crippen LogP) is 4.87. The summed E-state index contributed by atoms with van der Waals surface area (Å²) >= 11 is 12.4. The van der Waals surface area contributed by atoms with Crippen LogP contribution in [-0.4, -0.2) is 21.8 Å². The van der Waals surface area contributed by atoms with E-state index in [0.717, 1.165) is 12.1 Å². The molecule has 2 amide bonds. The summed E-state index contributed by atoms with van der Waals surface area (Å²) < 4.78 is 14.0. The highest BCUT2D eigenvalue weighted by molar-refractivity contribution is 6.42. The van der Waals surface area contributed by atoms with Gasteiger partial charge in [0.15, 0.2) is 0 Å². The molecular weight excluding hydrogens is 466 g/mol. The van der Waals surface area contributed by atoms with Crippen molar-refractivity contribution in [1.82, 2.24) is 20.8 Å². The molecule has 5 rings (SSSR count). The summed E-state index contributed by atoms with van der Waals surface area (Å²) in [5.74, 6) is -1.82. The minimum Gasteiger partial charge on any atom is -0.272 e. The van der Waals surface area contributed by atoms with Crippen LogP contribution in [0.5, 0.6) is 0 Å². The van der Waals surface area contributed by atoms with Crippen molar-refractivity contribution in [2.75, 3.05) is 0 Å². The minimum atomic E-state index is -1.03. The summed E-state index contributed by atoms with van der Waals surface area (Å²) in [6, 6.07) is 8.89. The molecule has 0 saturated heterocycles. The second kappa shape index (κ2) is 7.11. The van der Waals surface area contributed by atoms with E-state index in [1.54, 1.807) is 18.2 Å². The first-order valence-electron chi connectivity index (χ1n) is 10.6. The van der Waals surface area contributed by atoms with Gasteiger partial charge in [0.2, 0.25) is 0 Å². The lowest BCUT2D eigenvalue weighted by molar-refractivity contribution is -0.131. The lowest BCUT2D eigenvalue weighted by Gasteiger charge is -2.39. The number of nitrogens with one attached hydrogen (secondary N) is 2. The van der Waals surface area contributed by atoms with Crippen LogP contribution in [0.15, 0.2) is 36.4 Å². The Morgan fingerprint density at radius 3 is 2.18 bits per heavy atom. The van der Waals surface area contributed by atoms with Gasteiger partial charge in [-0.2, -0.15) is 0 Å². The van der Waals surface area contributed by atoms with Crippen LogP contribution < -0.4 is 10.9 Å². The fourth-order valence-corrected chi connectivity index (χ4v) is 5.85. The number of fused-ring (bicyclic) bond motifs is 6. The van der Waals surface area contributed by atoms with E-state index in [2.05, 4.69) is 17.8 Å². The Bertz CT molecular complexity index is 1360. The van der Waals surface area contributed by atoms with E-state index in [1.807, 2.05) is 13.8 Å². The van der Waals surface area contributed by atoms with E-state index in [4.69, 9.17) is 33.2 Å². The largest absolute Gasteiger partial charge is 0.272 e. The number of hydrazine groups is 1. The molecule has 1 fully saturated rings. The van der Waals surface area contributed by atoms with Gasteiger partial charge in [-0.05, 0) is 42.5 Å². The SMILES string of the molecule is CC12CCC(C(=O)NNC(=O)c3ccccc3F)(c3nc4cc(Cl)c(Cl)cc4nc31)C2(C)C. The van der Waals surface area contributed by atoms with Gasteiger partial charge in [0, 0.05) is 5.41 Å². The number of benzene rings is 2. The first kappa shape index (κ1) is 22.0. The number of amides is 2. The number of carbonyl (C=O) groups excluding carboxylic acids is 2. The number of aromatic nitrogens is 2. The molecule has 2 aliphatic rings. The number of carbonyl (C=O) groups is 2. The van der Waals surface area contributed by atoms with Gasteiger partial charge in [-0.1, -0.05) is 56.1 Å². The first-order chi connectivity index (χ1) is 15.5. The summed E-state index contributed by atoms with van der Waals surface area (Å²) in [4.78, 5) is 35.9. The molecule has 2 N–H and O–H groups in total. The fraction of sp³-hybridized carbons (Fsp3) is 0.333. The normalized spacial score (nSPS) is 24.5. The van der Waals surface area contributed by atoms with E-state index in [1.165, 1.54) is 18.2 Å². The number of hydrogen-bond donors (Lipinski definition) is 2. The molecule has 2 aromatic carbocycles. The average molecular weight is 487 g/mol. The monoisotopic (exact) mass is 486 g/mol. The first-order valence-corrected chi connectivity index (χ1v) is 11.3. The van der Waals surface area contributed by atoms with Crippen molar-refractivity contribution in [1.29, 1.82) is 0 Å². The van der Waals surface area contributed by atoms with E-state index >= 15 is 0 Å². The third-order valence-electron chi connectivity index (χ3n) is 7.88. The van der Waals surface area contributed by atoms with Crippen molar-refractivity contribution in [3.8, 4) is 0 Å². The third-order valence-corrected chi connectivity index (χ3v) is 8.60. The van der Waals surface area contributed by atoms with Gasteiger partial charge in [-0.25, -0.2) is 14.4 Å². The second-order valence-corrected chi connectivity index (χ2v) is 10.2. The molecule has 2 bridgehead atoms. The fourth-order valence-electron chi connectivity index (χ4n) is 5.53. The molecule has 1 heterocycles. The minimum absolute atomic E-state index is 0.157. The molecule has 2 atom stereocenters. The number of nitrogens with zero attached hydrogens (tertiary/aromatic N) is 2. The average Bonchev–Trinajstić information content (AvgIpc) is 3.07. The Hall–Kier alpha value is -2.77. The van der Waals surface area contributed by atoms with Crippen LogP contribution in [0.3, 0.4) is 0 Å². The van der Waals surface area contributed by atoms with Gasteiger partial charge >= 0.3 is 0 Å². The third kappa shape index (κ3) is 2.78. The molecule has 33 heavy (non-hydrogen) atoms. The van der Waals surface area contributed by atoms with Gasteiger partial charge in [-0.3, -0.25) is 20.4 Å². The zero-order chi connectivity index (χ0) is 23.8. The molecule has 3 aromatic rings. The maximum absolute atomic E-state index is 14.0. The molecule has 0 spiro atoms. The maximum Gasteiger partial charge on any atom is 0.272 e. The van der Waals surface area contributed by atoms with Gasteiger partial charge in [0.25, 0.3) is 11.8 Å². The smallest absolute Gasteiger partial charge is 0.272 e. The lowest BCUT2D eigenvalue weighted by atomic mass is 9.63. The standard InChI is InChI=1S/C24H21Cl2FN4O2/c1-22(2)23(3)8-9-24(22,21(33)31-30-20(32)12-6-4-5-7-15(12)27)19-18(23)28-16-10-13(25)14(26)11-17(16)29-19/h4-7,10-11H,8-9H2,1-3H3,(H,30,32)(H,31,33). The van der Waals surface area contributed by atoms with Crippen LogP contribution in [0.2, 0.25) is 10.0 Å². The number of halogens is 3. The van der Waals surface area contributed by atoms with Crippen LogP contribution in [0.1, 0.15) is 55.4 Å². The van der Waals surface area contributed by atoms with Crippen molar-refractivity contribution in [3.63, 3.8) is 0 Å². The van der Waals surface area contributed by atoms with Crippen molar-refractivity contribution in [2.24, 2.45) is 5.41 Å². The summed E-state index contributed by atoms with van der Waals surface area (Å²) in [6.45, 7) is 6.13. The van der Waals surface area contributed by atoms with Crippen LogP contribution >= 0.6 is 23.2 Å². The molecule has 0 radical (unpaired) electrons. The molecular formula is C24H21Cl2FN4O2. The molecule has 1 saturated carbocycles. The highest BCUT2D eigenvalue weighted by atomic mass is 35.5. The topological polar surface area (TPSA) is 84.0 Å². The van der Waals surface area contributed by atoms with E-state index in [-0.39, 0.29) is 5.56 Å². The van der Waals surface area contributed by atoms with E-state index < -0.39 is 33.9 Å². The summed E-state index contributed by atoms with van der Waals surface area (Å²) in [5, 5.41) is 0.733. The van der Waals surface area contributed by atoms with Crippen LogP contribution in [0, 0.1) is 11.2 Å². The van der Waals surface area contributed by atoms with Gasteiger partial charge in [-0.15, -0.1) is 0 Å². The van der Waals surface area contributed by atoms with Crippen LogP contribution in [-0.2, 0) is 15.6 Å². The summed E-state index contributed by atoms with van der Waals surface area (Å²) in [6.07, 6.45) is 1.26. The number of rotatable bonds is 2. The highest BCUT2D eigenvalue weighted by Gasteiger charge is 2.73. The van der Waals surface area contributed by atoms with E-state index in [9.17, 15) is 14.0 Å². The summed E-state index contributed by atoms with van der Waals surface area (Å²) in [7, 11) is 0. The lowest BCUT2D eigenvalue weighted by Crippen LogP contribution is -2.55. The Kier molecular flexibility index (Phi) is 4.75. The van der Waals surface area contributed by atoms with Gasteiger partial charge in [0.1, 0.15) is 11.2 Å². The van der Waals surface area contributed by atoms with Crippen molar-refractivity contribution >= 4 is 46.0 Å². The molecule has 170 valence electrons. The molecule has 2 unspecified atom stereocenters. The van der Waals surface area contributed by atoms with Crippen molar-refractivity contribution in [2.45, 2.75) is 44.4 Å². The van der Waals surface area contributed by atoms with Gasteiger partial charge in [0.05, 0.1) is 38.0 Å². The maximum atomic E-state index is 14.0. The van der Waals surface area contributed by atoms with Crippen LogP contribution in [0.25, 0.3) is 11.0 Å². The van der Waals surface area contributed by atoms with Crippen molar-refractivity contribution < 1.29 is 14.0 Å². The zero-order valence-electron chi connectivity index (χ0n) is 18.2. The quantitative estimate of drug-likeness (QED) is 0.506. The predicted molar refractivity (Wildman–Crippen MR) is 124 cm³/mol. The Balaban J connectivity index is 1.56. The molecule has 1 aromatic heterocycles. The Morgan fingerprint density at radius 1 is 0.939 bits per heavy atom. The zero-order valence-corrected chi connectivity index (χ0v) is 19.7. The van der Waals surface area contributed by atoms with Crippen LogP contribution in [0.4, 0.5) is 4.39 Å². The molecule has 9 heteroatoms. The number of hydrogen-bond acceptors (Lipinski definition) is 4. The van der Waals surface area contributed by atoms with Gasteiger partial charge < -0.3 is 0 Å². The summed E-state index contributed by atoms with van der Waals surface area (Å²) in [5.41, 5.74) is 5.20. The Labute approximate surface area is 199 Å². The molecule has 0 aliphatic heterocycles. The molecule has 2 aliphatic carbocycles. The van der Waals surface area contributed by atoms with Crippen molar-refractivity contribution in [3.05, 3.63) is 69.2 Å².